The summed E-state index contributed by atoms with van der Waals surface area (Å²) in [6.45, 7) is 4.20. The van der Waals surface area contributed by atoms with Crippen LogP contribution in [-0.2, 0) is 6.42 Å². The molecule has 168 valence electrons. The lowest BCUT2D eigenvalue weighted by Gasteiger charge is -2.23. The molecule has 1 saturated carbocycles. The van der Waals surface area contributed by atoms with Crippen LogP contribution in [0.4, 0.5) is 0 Å². The first-order chi connectivity index (χ1) is 16.1. The van der Waals surface area contributed by atoms with Crippen LogP contribution in [0.5, 0.6) is 0 Å². The second-order valence-corrected chi connectivity index (χ2v) is 8.96. The number of aryl methyl sites for hydroxylation is 1. The van der Waals surface area contributed by atoms with Crippen molar-refractivity contribution in [3.63, 3.8) is 0 Å². The van der Waals surface area contributed by atoms with Crippen molar-refractivity contribution in [3.8, 4) is 16.9 Å². The summed E-state index contributed by atoms with van der Waals surface area (Å²) in [5.74, 6) is -0.0121. The lowest BCUT2D eigenvalue weighted by molar-refractivity contribution is 0.0929. The number of para-hydroxylation sites is 1. The van der Waals surface area contributed by atoms with Gasteiger partial charge < -0.3 is 5.32 Å². The molecular weight excluding hydrogens is 408 g/mol. The first kappa shape index (κ1) is 21.4. The van der Waals surface area contributed by atoms with Gasteiger partial charge in [-0.2, -0.15) is 5.10 Å². The first-order valence-corrected chi connectivity index (χ1v) is 12.0. The van der Waals surface area contributed by atoms with E-state index in [1.54, 1.807) is 0 Å². The first-order valence-electron chi connectivity index (χ1n) is 12.0. The fourth-order valence-corrected chi connectivity index (χ4v) is 4.81. The number of hydrogen-bond acceptors (Lipinski definition) is 3. The Kier molecular flexibility index (Phi) is 5.95. The standard InChI is InChI=1S/C28H30N4O/c1-3-20-13-15-22(16-14-20)32-19(2)25(18-29-32)27-17-24(23-11-7-8-12-26(23)31-27)28(33)30-21-9-5-4-6-10-21/h7-8,11-18,21H,3-6,9-10H2,1-2H3,(H,30,33). The number of nitrogens with zero attached hydrogens (tertiary/aromatic N) is 3. The highest BCUT2D eigenvalue weighted by Gasteiger charge is 2.20. The van der Waals surface area contributed by atoms with E-state index in [1.165, 1.54) is 24.8 Å². The van der Waals surface area contributed by atoms with Crippen LogP contribution in [0.1, 0.15) is 60.6 Å². The molecule has 0 atom stereocenters. The molecule has 1 N–H and O–H groups in total. The van der Waals surface area contributed by atoms with E-state index in [4.69, 9.17) is 4.98 Å². The van der Waals surface area contributed by atoms with Gasteiger partial charge in [-0.3, -0.25) is 4.79 Å². The van der Waals surface area contributed by atoms with Crippen LogP contribution < -0.4 is 5.32 Å². The van der Waals surface area contributed by atoms with Gasteiger partial charge in [-0.15, -0.1) is 0 Å². The van der Waals surface area contributed by atoms with Crippen LogP contribution in [0, 0.1) is 6.92 Å². The van der Waals surface area contributed by atoms with Gasteiger partial charge in [0.1, 0.15) is 0 Å². The molecule has 0 saturated heterocycles. The maximum absolute atomic E-state index is 13.3. The van der Waals surface area contributed by atoms with Crippen molar-refractivity contribution in [2.45, 2.75) is 58.4 Å². The highest BCUT2D eigenvalue weighted by Crippen LogP contribution is 2.29. The fraction of sp³-hybridized carbons (Fsp3) is 0.321. The van der Waals surface area contributed by atoms with Crippen molar-refractivity contribution in [2.24, 2.45) is 0 Å². The molecule has 2 aromatic heterocycles. The van der Waals surface area contributed by atoms with Crippen LogP contribution in [-0.4, -0.2) is 26.7 Å². The van der Waals surface area contributed by atoms with E-state index in [0.29, 0.717) is 5.56 Å². The zero-order valence-electron chi connectivity index (χ0n) is 19.3. The largest absolute Gasteiger partial charge is 0.349 e. The Morgan fingerprint density at radius 1 is 1.06 bits per heavy atom. The second kappa shape index (κ2) is 9.18. The van der Waals surface area contributed by atoms with E-state index in [2.05, 4.69) is 48.5 Å². The fourth-order valence-electron chi connectivity index (χ4n) is 4.81. The third-order valence-corrected chi connectivity index (χ3v) is 6.78. The molecule has 1 aliphatic carbocycles. The SMILES string of the molecule is CCc1ccc(-n2ncc(-c3cc(C(=O)NC4CCCCC4)c4ccccc4n3)c2C)cc1. The number of hydrogen-bond donors (Lipinski definition) is 1. The van der Waals surface area contributed by atoms with Crippen LogP contribution in [0.3, 0.4) is 0 Å². The summed E-state index contributed by atoms with van der Waals surface area (Å²) in [6.07, 6.45) is 8.61. The Morgan fingerprint density at radius 3 is 2.58 bits per heavy atom. The van der Waals surface area contributed by atoms with E-state index < -0.39 is 0 Å². The molecule has 1 fully saturated rings. The van der Waals surface area contributed by atoms with Crippen molar-refractivity contribution in [3.05, 3.63) is 77.6 Å². The van der Waals surface area contributed by atoms with Crippen molar-refractivity contribution < 1.29 is 4.79 Å². The van der Waals surface area contributed by atoms with Crippen LogP contribution in [0.15, 0.2) is 60.8 Å². The van der Waals surface area contributed by atoms with Gasteiger partial charge in [-0.25, -0.2) is 9.67 Å². The van der Waals surface area contributed by atoms with Gasteiger partial charge in [0.2, 0.25) is 0 Å². The molecule has 4 aromatic rings. The molecule has 0 bridgehead atoms. The quantitative estimate of drug-likeness (QED) is 0.414. The smallest absolute Gasteiger partial charge is 0.252 e. The number of pyridine rings is 1. The molecule has 0 unspecified atom stereocenters. The molecule has 5 rings (SSSR count). The van der Waals surface area contributed by atoms with Gasteiger partial charge in [0.15, 0.2) is 0 Å². The number of benzene rings is 2. The van der Waals surface area contributed by atoms with Crippen molar-refractivity contribution in [1.29, 1.82) is 0 Å². The number of rotatable bonds is 5. The normalized spacial score (nSPS) is 14.5. The number of aromatic nitrogens is 3. The molecule has 33 heavy (non-hydrogen) atoms. The molecule has 1 amide bonds. The monoisotopic (exact) mass is 438 g/mol. The minimum atomic E-state index is -0.0121. The number of carbonyl (C=O) groups is 1. The average Bonchev–Trinajstić information content (AvgIpc) is 3.25. The predicted molar refractivity (Wildman–Crippen MR) is 133 cm³/mol. The Bertz CT molecular complexity index is 1280. The van der Waals surface area contributed by atoms with E-state index in [-0.39, 0.29) is 11.9 Å². The molecular formula is C28H30N4O. The minimum Gasteiger partial charge on any atom is -0.349 e. The molecule has 1 aliphatic rings. The van der Waals surface area contributed by atoms with E-state index in [1.807, 2.05) is 41.2 Å². The summed E-state index contributed by atoms with van der Waals surface area (Å²) in [6, 6.07) is 18.5. The molecule has 0 spiro atoms. The van der Waals surface area contributed by atoms with Crippen LogP contribution >= 0.6 is 0 Å². The van der Waals surface area contributed by atoms with Crippen LogP contribution in [0.25, 0.3) is 27.8 Å². The summed E-state index contributed by atoms with van der Waals surface area (Å²) in [4.78, 5) is 18.2. The van der Waals surface area contributed by atoms with Gasteiger partial charge in [0.05, 0.1) is 34.4 Å². The number of fused-ring (bicyclic) bond motifs is 1. The highest BCUT2D eigenvalue weighted by molar-refractivity contribution is 6.07. The molecule has 5 heteroatoms. The third-order valence-electron chi connectivity index (χ3n) is 6.78. The summed E-state index contributed by atoms with van der Waals surface area (Å²) >= 11 is 0. The molecule has 0 aliphatic heterocycles. The maximum Gasteiger partial charge on any atom is 0.252 e. The minimum absolute atomic E-state index is 0.0121. The molecule has 0 radical (unpaired) electrons. The third kappa shape index (κ3) is 4.28. The Labute approximate surface area is 194 Å². The van der Waals surface area contributed by atoms with Gasteiger partial charge in [0.25, 0.3) is 5.91 Å². The van der Waals surface area contributed by atoms with Crippen molar-refractivity contribution in [1.82, 2.24) is 20.1 Å². The van der Waals surface area contributed by atoms with Gasteiger partial charge in [0, 0.05) is 17.0 Å². The highest BCUT2D eigenvalue weighted by atomic mass is 16.1. The summed E-state index contributed by atoms with van der Waals surface area (Å²) in [5.41, 5.74) is 6.54. The average molecular weight is 439 g/mol. The Morgan fingerprint density at radius 2 is 1.82 bits per heavy atom. The molecule has 2 heterocycles. The number of amides is 1. The summed E-state index contributed by atoms with van der Waals surface area (Å²) in [5, 5.41) is 8.80. The maximum atomic E-state index is 13.3. The molecule has 5 nitrogen and oxygen atoms in total. The predicted octanol–water partition coefficient (Wildman–Crippen LogP) is 6.02. The lowest BCUT2D eigenvalue weighted by atomic mass is 9.95. The van der Waals surface area contributed by atoms with E-state index in [0.717, 1.165) is 52.8 Å². The van der Waals surface area contributed by atoms with Gasteiger partial charge in [-0.05, 0) is 56.0 Å². The van der Waals surface area contributed by atoms with Gasteiger partial charge >= 0.3 is 0 Å². The van der Waals surface area contributed by atoms with E-state index >= 15 is 0 Å². The van der Waals surface area contributed by atoms with Crippen LogP contribution in [0.2, 0.25) is 0 Å². The van der Waals surface area contributed by atoms with Crippen molar-refractivity contribution in [2.75, 3.05) is 0 Å². The zero-order valence-corrected chi connectivity index (χ0v) is 19.3. The van der Waals surface area contributed by atoms with Crippen molar-refractivity contribution >= 4 is 16.8 Å². The molecule has 2 aromatic carbocycles. The topological polar surface area (TPSA) is 59.8 Å². The summed E-state index contributed by atoms with van der Waals surface area (Å²) < 4.78 is 1.94. The number of nitrogens with one attached hydrogen (secondary N) is 1. The lowest BCUT2D eigenvalue weighted by Crippen LogP contribution is -2.36. The summed E-state index contributed by atoms with van der Waals surface area (Å²) in [7, 11) is 0. The Hall–Kier alpha value is -3.47. The Balaban J connectivity index is 1.53. The zero-order chi connectivity index (χ0) is 22.8. The second-order valence-electron chi connectivity index (χ2n) is 8.96. The number of carbonyl (C=O) groups excluding carboxylic acids is 1. The van der Waals surface area contributed by atoms with E-state index in [9.17, 15) is 4.79 Å². The van der Waals surface area contributed by atoms with Gasteiger partial charge in [-0.1, -0.05) is 56.5 Å².